The molecule has 0 fully saturated rings. The Balaban J connectivity index is 0.00000312. The Morgan fingerprint density at radius 2 is 1.84 bits per heavy atom. The van der Waals surface area contributed by atoms with Crippen LogP contribution in [0.1, 0.15) is 16.0 Å². The predicted octanol–water partition coefficient (Wildman–Crippen LogP) is 4.44. The van der Waals surface area contributed by atoms with Crippen molar-refractivity contribution in [1.29, 1.82) is 0 Å². The minimum Gasteiger partial charge on any atom is -0.405 e. The summed E-state index contributed by atoms with van der Waals surface area (Å²) in [5.41, 5.74) is 1.58. The molecule has 138 valence electrons. The summed E-state index contributed by atoms with van der Waals surface area (Å²) in [6, 6.07) is 8.05. The second kappa shape index (κ2) is 9.85. The van der Waals surface area contributed by atoms with Crippen molar-refractivity contribution >= 4 is 41.3 Å². The van der Waals surface area contributed by atoms with Crippen LogP contribution in [0.2, 0.25) is 0 Å². The average molecular weight is 485 g/mol. The molecule has 0 atom stereocenters. The maximum absolute atomic E-state index is 12.4. The molecule has 1 aromatic heterocycles. The molecule has 0 saturated carbocycles. The third kappa shape index (κ3) is 7.10. The van der Waals surface area contributed by atoms with E-state index in [-0.39, 0.29) is 36.3 Å². The van der Waals surface area contributed by atoms with E-state index in [0.29, 0.717) is 18.1 Å². The van der Waals surface area contributed by atoms with Crippen LogP contribution in [-0.2, 0) is 13.1 Å². The van der Waals surface area contributed by atoms with Crippen LogP contribution in [0.4, 0.5) is 13.2 Å². The van der Waals surface area contributed by atoms with Crippen LogP contribution in [0.5, 0.6) is 5.75 Å². The van der Waals surface area contributed by atoms with Crippen molar-refractivity contribution in [3.63, 3.8) is 0 Å². The lowest BCUT2D eigenvalue weighted by Crippen LogP contribution is -2.36. The third-order valence-corrected chi connectivity index (χ3v) is 4.28. The summed E-state index contributed by atoms with van der Waals surface area (Å²) in [4.78, 5) is 5.25. The number of guanidine groups is 1. The SMILES string of the molecule is CN=C(NCc1ccccc1OC(F)(F)F)NCc1sccc1C.I. The molecule has 0 aliphatic heterocycles. The molecule has 0 spiro atoms. The molecule has 1 heterocycles. The number of rotatable bonds is 5. The number of nitrogens with one attached hydrogen (secondary N) is 2. The number of hydrogen-bond donors (Lipinski definition) is 2. The number of para-hydroxylation sites is 1. The molecule has 2 aromatic rings. The number of aryl methyl sites for hydroxylation is 1. The maximum atomic E-state index is 12.4. The number of alkyl halides is 3. The summed E-state index contributed by atoms with van der Waals surface area (Å²) in [5.74, 6) is 0.284. The molecular weight excluding hydrogens is 466 g/mol. The van der Waals surface area contributed by atoms with E-state index in [2.05, 4.69) is 20.4 Å². The van der Waals surface area contributed by atoms with Gasteiger partial charge in [-0.15, -0.1) is 48.5 Å². The number of ether oxygens (including phenoxy) is 1. The number of thiophene rings is 1. The lowest BCUT2D eigenvalue weighted by atomic mass is 10.2. The average Bonchev–Trinajstić information content (AvgIpc) is 2.93. The molecule has 0 amide bonds. The number of nitrogens with zero attached hydrogens (tertiary/aromatic N) is 1. The Morgan fingerprint density at radius 3 is 2.44 bits per heavy atom. The van der Waals surface area contributed by atoms with Crippen molar-refractivity contribution in [2.24, 2.45) is 4.99 Å². The zero-order valence-electron chi connectivity index (χ0n) is 13.7. The molecule has 1 aromatic carbocycles. The lowest BCUT2D eigenvalue weighted by molar-refractivity contribution is -0.274. The fourth-order valence-electron chi connectivity index (χ4n) is 2.02. The molecule has 4 nitrogen and oxygen atoms in total. The van der Waals surface area contributed by atoms with Crippen LogP contribution in [0.3, 0.4) is 0 Å². The van der Waals surface area contributed by atoms with E-state index in [0.717, 1.165) is 0 Å². The summed E-state index contributed by atoms with van der Waals surface area (Å²) in [5, 5.41) is 8.13. The van der Waals surface area contributed by atoms with Gasteiger partial charge < -0.3 is 15.4 Å². The van der Waals surface area contributed by atoms with Gasteiger partial charge in [-0.3, -0.25) is 4.99 Å². The van der Waals surface area contributed by atoms with Gasteiger partial charge in [0.05, 0.1) is 6.54 Å². The Hall–Kier alpha value is -1.49. The van der Waals surface area contributed by atoms with Gasteiger partial charge in [0.1, 0.15) is 5.75 Å². The van der Waals surface area contributed by atoms with Gasteiger partial charge in [-0.1, -0.05) is 18.2 Å². The van der Waals surface area contributed by atoms with Gasteiger partial charge in [0.15, 0.2) is 5.96 Å². The normalized spacial score (nSPS) is 11.6. The van der Waals surface area contributed by atoms with Crippen LogP contribution in [0.25, 0.3) is 0 Å². The summed E-state index contributed by atoms with van der Waals surface area (Å²) < 4.78 is 41.3. The molecule has 0 saturated heterocycles. The fraction of sp³-hybridized carbons (Fsp3) is 0.312. The van der Waals surface area contributed by atoms with Crippen LogP contribution in [0, 0.1) is 6.92 Å². The van der Waals surface area contributed by atoms with Crippen molar-refractivity contribution in [1.82, 2.24) is 10.6 Å². The second-order valence-electron chi connectivity index (χ2n) is 4.96. The van der Waals surface area contributed by atoms with E-state index in [9.17, 15) is 13.2 Å². The van der Waals surface area contributed by atoms with Crippen LogP contribution < -0.4 is 15.4 Å². The van der Waals surface area contributed by atoms with Gasteiger partial charge in [0.25, 0.3) is 0 Å². The van der Waals surface area contributed by atoms with E-state index in [1.54, 1.807) is 30.5 Å². The maximum Gasteiger partial charge on any atom is 0.573 e. The van der Waals surface area contributed by atoms with E-state index in [1.807, 2.05) is 18.4 Å². The largest absolute Gasteiger partial charge is 0.573 e. The number of hydrogen-bond acceptors (Lipinski definition) is 3. The lowest BCUT2D eigenvalue weighted by Gasteiger charge is -2.15. The standard InChI is InChI=1S/C16H18F3N3OS.HI/c1-11-7-8-24-14(11)10-22-15(20-2)21-9-12-5-3-4-6-13(12)23-16(17,18)19;/h3-8H,9-10H2,1-2H3,(H2,20,21,22);1H. The molecule has 0 aliphatic rings. The summed E-state index contributed by atoms with van der Waals surface area (Å²) >= 11 is 1.64. The molecule has 2 rings (SSSR count). The van der Waals surface area contributed by atoms with Crippen molar-refractivity contribution in [2.75, 3.05) is 7.05 Å². The molecule has 0 radical (unpaired) electrons. The van der Waals surface area contributed by atoms with Gasteiger partial charge in [-0.25, -0.2) is 0 Å². The molecular formula is C16H19F3IN3OS. The fourth-order valence-corrected chi connectivity index (χ4v) is 2.87. The highest BCUT2D eigenvalue weighted by atomic mass is 127. The minimum atomic E-state index is -4.72. The van der Waals surface area contributed by atoms with Crippen molar-refractivity contribution in [3.05, 3.63) is 51.7 Å². The zero-order chi connectivity index (χ0) is 17.6. The van der Waals surface area contributed by atoms with Crippen molar-refractivity contribution in [2.45, 2.75) is 26.4 Å². The van der Waals surface area contributed by atoms with Gasteiger partial charge in [0, 0.05) is 24.0 Å². The number of benzene rings is 1. The molecule has 9 heteroatoms. The smallest absolute Gasteiger partial charge is 0.405 e. The Morgan fingerprint density at radius 1 is 1.16 bits per heavy atom. The first kappa shape index (κ1) is 21.6. The van der Waals surface area contributed by atoms with Gasteiger partial charge in [-0.05, 0) is 30.0 Å². The van der Waals surface area contributed by atoms with Crippen molar-refractivity contribution < 1.29 is 17.9 Å². The van der Waals surface area contributed by atoms with Crippen LogP contribution in [0.15, 0.2) is 40.7 Å². The highest BCUT2D eigenvalue weighted by Crippen LogP contribution is 2.26. The Bertz CT molecular complexity index is 704. The van der Waals surface area contributed by atoms with E-state index < -0.39 is 6.36 Å². The van der Waals surface area contributed by atoms with Gasteiger partial charge >= 0.3 is 6.36 Å². The predicted molar refractivity (Wildman–Crippen MR) is 105 cm³/mol. The summed E-state index contributed by atoms with van der Waals surface area (Å²) in [6.45, 7) is 2.79. The van der Waals surface area contributed by atoms with E-state index in [4.69, 9.17) is 0 Å². The van der Waals surface area contributed by atoms with E-state index >= 15 is 0 Å². The minimum absolute atomic E-state index is 0. The van der Waals surface area contributed by atoms with Crippen LogP contribution >= 0.6 is 35.3 Å². The molecule has 0 aliphatic carbocycles. The summed E-state index contributed by atoms with van der Waals surface area (Å²) in [6.07, 6.45) is -4.72. The molecule has 0 unspecified atom stereocenters. The Kier molecular flexibility index (Phi) is 8.50. The van der Waals surface area contributed by atoms with Gasteiger partial charge in [-0.2, -0.15) is 0 Å². The first-order chi connectivity index (χ1) is 11.4. The third-order valence-electron chi connectivity index (χ3n) is 3.25. The topological polar surface area (TPSA) is 45.7 Å². The monoisotopic (exact) mass is 485 g/mol. The first-order valence-corrected chi connectivity index (χ1v) is 8.08. The Labute approximate surface area is 165 Å². The van der Waals surface area contributed by atoms with Crippen LogP contribution in [-0.4, -0.2) is 19.4 Å². The molecule has 0 bridgehead atoms. The quantitative estimate of drug-likeness (QED) is 0.374. The molecule has 2 N–H and O–H groups in total. The highest BCUT2D eigenvalue weighted by Gasteiger charge is 2.31. The van der Waals surface area contributed by atoms with Gasteiger partial charge in [0.2, 0.25) is 0 Å². The number of halogens is 4. The second-order valence-corrected chi connectivity index (χ2v) is 5.96. The first-order valence-electron chi connectivity index (χ1n) is 7.20. The van der Waals surface area contributed by atoms with Crippen molar-refractivity contribution in [3.8, 4) is 5.75 Å². The zero-order valence-corrected chi connectivity index (χ0v) is 16.8. The summed E-state index contributed by atoms with van der Waals surface area (Å²) in [7, 11) is 1.61. The van der Waals surface area contributed by atoms with E-state index in [1.165, 1.54) is 22.6 Å². The highest BCUT2D eigenvalue weighted by molar-refractivity contribution is 14.0. The number of aliphatic imine (C=N–C) groups is 1. The molecule has 25 heavy (non-hydrogen) atoms.